The van der Waals surface area contributed by atoms with E-state index >= 15 is 0 Å². The summed E-state index contributed by atoms with van der Waals surface area (Å²) in [7, 11) is 0. The monoisotopic (exact) mass is 319 g/mol. The fourth-order valence-corrected chi connectivity index (χ4v) is 2.19. The van der Waals surface area contributed by atoms with Gasteiger partial charge in [-0.25, -0.2) is 9.07 Å². The first-order valence-corrected chi connectivity index (χ1v) is 7.71. The molecule has 0 saturated carbocycles. The van der Waals surface area contributed by atoms with Gasteiger partial charge in [-0.1, -0.05) is 20.3 Å². The second-order valence-electron chi connectivity index (χ2n) is 5.72. The number of halogens is 1. The molecule has 0 radical (unpaired) electrons. The van der Waals surface area contributed by atoms with Crippen LogP contribution in [0.4, 0.5) is 4.39 Å². The molecule has 1 amide bonds. The predicted molar refractivity (Wildman–Crippen MR) is 86.1 cm³/mol. The highest BCUT2D eigenvalue weighted by Gasteiger charge is 2.17. The molecule has 0 aliphatic heterocycles. The molecular weight excluding hydrogens is 297 g/mol. The van der Waals surface area contributed by atoms with Crippen LogP contribution in [-0.2, 0) is 0 Å². The molecule has 1 aromatic heterocycles. The van der Waals surface area contributed by atoms with E-state index in [1.54, 1.807) is 22.9 Å². The van der Waals surface area contributed by atoms with Crippen LogP contribution in [0.25, 0.3) is 5.69 Å². The number of hydrogen-bond acceptors (Lipinski definition) is 3. The molecule has 2 N–H and O–H groups in total. The topological polar surface area (TPSA) is 67.2 Å². The van der Waals surface area contributed by atoms with Gasteiger partial charge in [-0.05, 0) is 43.2 Å². The van der Waals surface area contributed by atoms with Crippen molar-refractivity contribution in [2.75, 3.05) is 6.54 Å². The number of rotatable bonds is 6. The Hall–Kier alpha value is -2.21. The molecule has 124 valence electrons. The fourth-order valence-electron chi connectivity index (χ4n) is 2.19. The van der Waals surface area contributed by atoms with Crippen LogP contribution in [0.15, 0.2) is 30.3 Å². The van der Waals surface area contributed by atoms with Gasteiger partial charge in [0, 0.05) is 12.2 Å². The van der Waals surface area contributed by atoms with E-state index in [-0.39, 0.29) is 29.9 Å². The Kier molecular flexibility index (Phi) is 5.50. The summed E-state index contributed by atoms with van der Waals surface area (Å²) in [6.07, 6.45) is 0.263. The molecule has 2 rings (SSSR count). The highest BCUT2D eigenvalue weighted by atomic mass is 19.1. The number of nitrogens with one attached hydrogen (secondary N) is 1. The lowest BCUT2D eigenvalue weighted by atomic mass is 10.0. The molecule has 0 spiro atoms. The third-order valence-corrected chi connectivity index (χ3v) is 3.96. The van der Waals surface area contributed by atoms with Gasteiger partial charge in [0.05, 0.1) is 11.8 Å². The summed E-state index contributed by atoms with van der Waals surface area (Å²) >= 11 is 0. The molecule has 1 aromatic carbocycles. The number of benzene rings is 1. The van der Waals surface area contributed by atoms with E-state index in [1.807, 2.05) is 20.8 Å². The predicted octanol–water partition coefficient (Wildman–Crippen LogP) is 2.46. The average molecular weight is 319 g/mol. The average Bonchev–Trinajstić information content (AvgIpc) is 2.94. The van der Waals surface area contributed by atoms with Gasteiger partial charge in [0.15, 0.2) is 5.69 Å². The van der Waals surface area contributed by atoms with E-state index in [0.717, 1.165) is 12.1 Å². The third-order valence-electron chi connectivity index (χ3n) is 3.96. The van der Waals surface area contributed by atoms with Crippen molar-refractivity contribution in [1.29, 1.82) is 0 Å². The highest BCUT2D eigenvalue weighted by molar-refractivity contribution is 5.92. The summed E-state index contributed by atoms with van der Waals surface area (Å²) in [4.78, 5) is 12.2. The second kappa shape index (κ2) is 7.37. The van der Waals surface area contributed by atoms with E-state index in [2.05, 4.69) is 10.4 Å². The van der Waals surface area contributed by atoms with Crippen LogP contribution in [0.5, 0.6) is 0 Å². The first kappa shape index (κ1) is 17.1. The van der Waals surface area contributed by atoms with E-state index in [4.69, 9.17) is 0 Å². The molecular formula is C17H22FN3O2. The molecule has 0 aliphatic rings. The van der Waals surface area contributed by atoms with Crippen molar-refractivity contribution in [2.45, 2.75) is 33.3 Å². The van der Waals surface area contributed by atoms with E-state index in [1.165, 1.54) is 12.1 Å². The lowest BCUT2D eigenvalue weighted by molar-refractivity contribution is 0.0845. The quantitative estimate of drug-likeness (QED) is 0.859. The maximum atomic E-state index is 13.0. The summed E-state index contributed by atoms with van der Waals surface area (Å²) in [5.74, 6) is -0.541. The van der Waals surface area contributed by atoms with Crippen LogP contribution in [0.2, 0.25) is 0 Å². The van der Waals surface area contributed by atoms with Crippen molar-refractivity contribution in [3.63, 3.8) is 0 Å². The molecule has 2 unspecified atom stereocenters. The Morgan fingerprint density at radius 2 is 2.04 bits per heavy atom. The van der Waals surface area contributed by atoms with Gasteiger partial charge in [-0.15, -0.1) is 0 Å². The van der Waals surface area contributed by atoms with Crippen LogP contribution in [-0.4, -0.2) is 33.4 Å². The molecule has 0 aliphatic carbocycles. The molecule has 1 heterocycles. The summed E-state index contributed by atoms with van der Waals surface area (Å²) in [6, 6.07) is 7.55. The van der Waals surface area contributed by atoms with Crippen LogP contribution >= 0.6 is 0 Å². The Balaban J connectivity index is 2.08. The van der Waals surface area contributed by atoms with E-state index in [0.29, 0.717) is 5.69 Å². The standard InChI is InChI=1S/C17H22FN3O2/c1-4-11(2)16(22)10-19-17(23)15-9-12(3)21(20-15)14-7-5-13(18)6-8-14/h5-9,11,16,22H,4,10H2,1-3H3,(H,19,23). The number of aromatic nitrogens is 2. The van der Waals surface area contributed by atoms with Gasteiger partial charge < -0.3 is 10.4 Å². The smallest absolute Gasteiger partial charge is 0.271 e. The minimum absolute atomic E-state index is 0.119. The van der Waals surface area contributed by atoms with E-state index in [9.17, 15) is 14.3 Å². The molecule has 0 fully saturated rings. The number of aliphatic hydroxyl groups excluding tert-OH is 1. The summed E-state index contributed by atoms with van der Waals surface area (Å²) in [5.41, 5.74) is 1.72. The van der Waals surface area contributed by atoms with Gasteiger partial charge in [0.25, 0.3) is 5.91 Å². The van der Waals surface area contributed by atoms with Gasteiger partial charge in [0.1, 0.15) is 5.82 Å². The molecule has 2 atom stereocenters. The molecule has 23 heavy (non-hydrogen) atoms. The summed E-state index contributed by atoms with van der Waals surface area (Å²) < 4.78 is 14.6. The number of aryl methyl sites for hydroxylation is 1. The van der Waals surface area contributed by atoms with Crippen LogP contribution in [0.1, 0.15) is 36.5 Å². The molecule has 6 heteroatoms. The SMILES string of the molecule is CCC(C)C(O)CNC(=O)c1cc(C)n(-c2ccc(F)cc2)n1. The van der Waals surface area contributed by atoms with Crippen molar-refractivity contribution in [2.24, 2.45) is 5.92 Å². The minimum atomic E-state index is -0.579. The van der Waals surface area contributed by atoms with Gasteiger partial charge in [-0.2, -0.15) is 5.10 Å². The van der Waals surface area contributed by atoms with Crippen LogP contribution in [0.3, 0.4) is 0 Å². The normalized spacial score (nSPS) is 13.6. The van der Waals surface area contributed by atoms with E-state index < -0.39 is 6.10 Å². The number of aliphatic hydroxyl groups is 1. The Morgan fingerprint density at radius 3 is 2.65 bits per heavy atom. The van der Waals surface area contributed by atoms with Gasteiger partial charge >= 0.3 is 0 Å². The minimum Gasteiger partial charge on any atom is -0.391 e. The van der Waals surface area contributed by atoms with Crippen LogP contribution < -0.4 is 5.32 Å². The first-order chi connectivity index (χ1) is 10.9. The molecule has 2 aromatic rings. The number of hydrogen-bond donors (Lipinski definition) is 2. The second-order valence-corrected chi connectivity index (χ2v) is 5.72. The Morgan fingerprint density at radius 1 is 1.39 bits per heavy atom. The van der Waals surface area contributed by atoms with Gasteiger partial charge in [0.2, 0.25) is 0 Å². The lowest BCUT2D eigenvalue weighted by Crippen LogP contribution is -2.35. The highest BCUT2D eigenvalue weighted by Crippen LogP contribution is 2.13. The summed E-state index contributed by atoms with van der Waals surface area (Å²) in [5, 5.41) is 16.8. The van der Waals surface area contributed by atoms with Crippen molar-refractivity contribution in [3.05, 3.63) is 47.5 Å². The van der Waals surface area contributed by atoms with Crippen LogP contribution in [0, 0.1) is 18.7 Å². The number of amides is 1. The van der Waals surface area contributed by atoms with Crippen molar-refractivity contribution in [1.82, 2.24) is 15.1 Å². The largest absolute Gasteiger partial charge is 0.391 e. The maximum absolute atomic E-state index is 13.0. The third kappa shape index (κ3) is 4.16. The van der Waals surface area contributed by atoms with Gasteiger partial charge in [-0.3, -0.25) is 4.79 Å². The molecule has 5 nitrogen and oxygen atoms in total. The zero-order valence-electron chi connectivity index (χ0n) is 13.6. The number of carbonyl (C=O) groups is 1. The molecule has 0 saturated heterocycles. The number of carbonyl (C=O) groups excluding carboxylic acids is 1. The first-order valence-electron chi connectivity index (χ1n) is 7.71. The number of nitrogens with zero attached hydrogens (tertiary/aromatic N) is 2. The zero-order chi connectivity index (χ0) is 17.0. The maximum Gasteiger partial charge on any atom is 0.271 e. The molecule has 0 bridgehead atoms. The zero-order valence-corrected chi connectivity index (χ0v) is 13.6. The Labute approximate surface area is 135 Å². The van der Waals surface area contributed by atoms with Crippen molar-refractivity contribution >= 4 is 5.91 Å². The summed E-state index contributed by atoms with van der Waals surface area (Å²) in [6.45, 7) is 5.94. The van der Waals surface area contributed by atoms with Crippen molar-refractivity contribution in [3.8, 4) is 5.69 Å². The lowest BCUT2D eigenvalue weighted by Gasteiger charge is -2.17. The fraction of sp³-hybridized carbons (Fsp3) is 0.412. The van der Waals surface area contributed by atoms with Crippen molar-refractivity contribution < 1.29 is 14.3 Å². The Bertz CT molecular complexity index is 667.